The first-order valence-corrected chi connectivity index (χ1v) is 7.28. The molecule has 1 aromatic carbocycles. The molecule has 1 fully saturated rings. The quantitative estimate of drug-likeness (QED) is 0.897. The first-order valence-electron chi connectivity index (χ1n) is 6.90. The molecule has 1 aromatic rings. The van der Waals surface area contributed by atoms with Gasteiger partial charge >= 0.3 is 5.97 Å². The topological polar surface area (TPSA) is 69.6 Å². The standard InChI is InChI=1S/C15H19ClN2O3/c1-18(2)13-7-6-9(8-12(13)16)17-14(19)10-4-3-5-11(10)15(20)21/h6-8,10-11H,3-5H2,1-2H3,(H,17,19)(H,20,21)/t10-,11+/m1/s1. The summed E-state index contributed by atoms with van der Waals surface area (Å²) in [5.74, 6) is -2.18. The molecule has 2 atom stereocenters. The van der Waals surface area contributed by atoms with Gasteiger partial charge in [-0.05, 0) is 31.0 Å². The second kappa shape index (κ2) is 6.35. The Morgan fingerprint density at radius 1 is 1.29 bits per heavy atom. The summed E-state index contributed by atoms with van der Waals surface area (Å²) in [7, 11) is 3.77. The van der Waals surface area contributed by atoms with Gasteiger partial charge in [0.15, 0.2) is 0 Å². The molecule has 0 aliphatic heterocycles. The Bertz CT molecular complexity index is 560. The van der Waals surface area contributed by atoms with E-state index in [4.69, 9.17) is 16.7 Å². The summed E-state index contributed by atoms with van der Waals surface area (Å²) in [4.78, 5) is 25.2. The zero-order valence-electron chi connectivity index (χ0n) is 12.1. The van der Waals surface area contributed by atoms with E-state index in [-0.39, 0.29) is 5.91 Å². The van der Waals surface area contributed by atoms with Crippen molar-refractivity contribution in [3.8, 4) is 0 Å². The van der Waals surface area contributed by atoms with Crippen molar-refractivity contribution in [1.29, 1.82) is 0 Å². The number of carboxylic acids is 1. The van der Waals surface area contributed by atoms with E-state index >= 15 is 0 Å². The molecule has 0 radical (unpaired) electrons. The van der Waals surface area contributed by atoms with Crippen molar-refractivity contribution in [2.24, 2.45) is 11.8 Å². The van der Waals surface area contributed by atoms with Gasteiger partial charge in [-0.2, -0.15) is 0 Å². The number of halogens is 1. The first-order chi connectivity index (χ1) is 9.90. The molecular formula is C15H19ClN2O3. The van der Waals surface area contributed by atoms with Gasteiger partial charge in [-0.15, -0.1) is 0 Å². The van der Waals surface area contributed by atoms with Crippen molar-refractivity contribution < 1.29 is 14.7 Å². The monoisotopic (exact) mass is 310 g/mol. The van der Waals surface area contributed by atoms with Gasteiger partial charge in [0, 0.05) is 19.8 Å². The highest BCUT2D eigenvalue weighted by molar-refractivity contribution is 6.33. The lowest BCUT2D eigenvalue weighted by Crippen LogP contribution is -2.30. The smallest absolute Gasteiger partial charge is 0.307 e. The number of benzene rings is 1. The molecular weight excluding hydrogens is 292 g/mol. The van der Waals surface area contributed by atoms with E-state index in [0.717, 1.165) is 12.1 Å². The maximum Gasteiger partial charge on any atom is 0.307 e. The third-order valence-corrected chi connectivity index (χ3v) is 4.17. The first kappa shape index (κ1) is 15.6. The maximum atomic E-state index is 12.2. The molecule has 0 aromatic heterocycles. The lowest BCUT2D eigenvalue weighted by molar-refractivity contribution is -0.145. The summed E-state index contributed by atoms with van der Waals surface area (Å²) in [6.45, 7) is 0. The number of hydrogen-bond acceptors (Lipinski definition) is 3. The minimum atomic E-state index is -0.895. The zero-order chi connectivity index (χ0) is 15.6. The van der Waals surface area contributed by atoms with Gasteiger partial charge < -0.3 is 15.3 Å². The fraction of sp³-hybridized carbons (Fsp3) is 0.467. The molecule has 0 bridgehead atoms. The van der Waals surface area contributed by atoms with Crippen molar-refractivity contribution in [3.05, 3.63) is 23.2 Å². The van der Waals surface area contributed by atoms with Crippen LogP contribution in [0.5, 0.6) is 0 Å². The van der Waals surface area contributed by atoms with Gasteiger partial charge in [0.05, 0.1) is 22.5 Å². The summed E-state index contributed by atoms with van der Waals surface area (Å²) in [6.07, 6.45) is 1.95. The van der Waals surface area contributed by atoms with Gasteiger partial charge in [-0.3, -0.25) is 9.59 Å². The molecule has 0 saturated heterocycles. The van der Waals surface area contributed by atoms with Gasteiger partial charge in [0.1, 0.15) is 0 Å². The SMILES string of the molecule is CN(C)c1ccc(NC(=O)[C@@H]2CCC[C@@H]2C(=O)O)cc1Cl. The van der Waals surface area contributed by atoms with E-state index in [2.05, 4.69) is 5.32 Å². The van der Waals surface area contributed by atoms with Crippen LogP contribution in [0.2, 0.25) is 5.02 Å². The van der Waals surface area contributed by atoms with Crippen LogP contribution in [0.1, 0.15) is 19.3 Å². The Morgan fingerprint density at radius 2 is 1.95 bits per heavy atom. The predicted octanol–water partition coefficient (Wildman–Crippen LogP) is 2.85. The van der Waals surface area contributed by atoms with Gasteiger partial charge in [-0.1, -0.05) is 18.0 Å². The van der Waals surface area contributed by atoms with Crippen molar-refractivity contribution in [2.75, 3.05) is 24.3 Å². The number of nitrogens with zero attached hydrogens (tertiary/aromatic N) is 1. The van der Waals surface area contributed by atoms with Crippen LogP contribution < -0.4 is 10.2 Å². The van der Waals surface area contributed by atoms with Crippen LogP contribution in [0.4, 0.5) is 11.4 Å². The fourth-order valence-electron chi connectivity index (χ4n) is 2.75. The largest absolute Gasteiger partial charge is 0.481 e. The molecule has 0 unspecified atom stereocenters. The molecule has 1 aliphatic rings. The third kappa shape index (κ3) is 3.47. The van der Waals surface area contributed by atoms with Gasteiger partial charge in [-0.25, -0.2) is 0 Å². The number of nitrogens with one attached hydrogen (secondary N) is 1. The highest BCUT2D eigenvalue weighted by Crippen LogP contribution is 2.33. The van der Waals surface area contributed by atoms with Gasteiger partial charge in [0.2, 0.25) is 5.91 Å². The highest BCUT2D eigenvalue weighted by Gasteiger charge is 2.37. The van der Waals surface area contributed by atoms with Crippen LogP contribution in [-0.2, 0) is 9.59 Å². The van der Waals surface area contributed by atoms with Crippen LogP contribution >= 0.6 is 11.6 Å². The molecule has 0 spiro atoms. The number of carboxylic acid groups (broad SMARTS) is 1. The average molecular weight is 311 g/mol. The van der Waals surface area contributed by atoms with Crippen molar-refractivity contribution >= 4 is 34.9 Å². The Balaban J connectivity index is 2.09. The molecule has 0 heterocycles. The van der Waals surface area contributed by atoms with Crippen molar-refractivity contribution in [1.82, 2.24) is 0 Å². The Kier molecular flexibility index (Phi) is 4.73. The molecule has 1 aliphatic carbocycles. The molecule has 1 amide bonds. The molecule has 2 N–H and O–H groups in total. The summed E-state index contributed by atoms with van der Waals surface area (Å²) >= 11 is 6.16. The minimum Gasteiger partial charge on any atom is -0.481 e. The number of hydrogen-bond donors (Lipinski definition) is 2. The minimum absolute atomic E-state index is 0.242. The van der Waals surface area contributed by atoms with Crippen molar-refractivity contribution in [2.45, 2.75) is 19.3 Å². The van der Waals surface area contributed by atoms with Crippen LogP contribution in [0.25, 0.3) is 0 Å². The lowest BCUT2D eigenvalue weighted by Gasteiger charge is -2.18. The number of carbonyl (C=O) groups excluding carboxylic acids is 1. The molecule has 5 nitrogen and oxygen atoms in total. The Labute approximate surface area is 128 Å². The van der Waals surface area contributed by atoms with Crippen LogP contribution in [0, 0.1) is 11.8 Å². The number of carbonyl (C=O) groups is 2. The van der Waals surface area contributed by atoms with Crippen LogP contribution in [-0.4, -0.2) is 31.1 Å². The van der Waals surface area contributed by atoms with E-state index in [1.165, 1.54) is 0 Å². The number of amides is 1. The van der Waals surface area contributed by atoms with E-state index < -0.39 is 17.8 Å². The molecule has 1 saturated carbocycles. The second-order valence-electron chi connectivity index (χ2n) is 5.53. The highest BCUT2D eigenvalue weighted by atomic mass is 35.5. The van der Waals surface area contributed by atoms with E-state index in [1.807, 2.05) is 25.1 Å². The lowest BCUT2D eigenvalue weighted by atomic mass is 9.95. The zero-order valence-corrected chi connectivity index (χ0v) is 12.9. The molecule has 6 heteroatoms. The van der Waals surface area contributed by atoms with E-state index in [0.29, 0.717) is 23.6 Å². The predicted molar refractivity (Wildman–Crippen MR) is 82.9 cm³/mol. The normalized spacial score (nSPS) is 21.1. The second-order valence-corrected chi connectivity index (χ2v) is 5.94. The molecule has 21 heavy (non-hydrogen) atoms. The number of rotatable bonds is 4. The Hall–Kier alpha value is -1.75. The van der Waals surface area contributed by atoms with Crippen LogP contribution in [0.3, 0.4) is 0 Å². The third-order valence-electron chi connectivity index (χ3n) is 3.87. The van der Waals surface area contributed by atoms with Gasteiger partial charge in [0.25, 0.3) is 0 Å². The van der Waals surface area contributed by atoms with Crippen molar-refractivity contribution in [3.63, 3.8) is 0 Å². The average Bonchev–Trinajstić information content (AvgIpc) is 2.87. The van der Waals surface area contributed by atoms with Crippen LogP contribution in [0.15, 0.2) is 18.2 Å². The summed E-state index contributed by atoms with van der Waals surface area (Å²) in [5.41, 5.74) is 1.45. The summed E-state index contributed by atoms with van der Waals surface area (Å²) in [5, 5.41) is 12.4. The maximum absolute atomic E-state index is 12.2. The fourth-order valence-corrected chi connectivity index (χ4v) is 3.10. The molecule has 2 rings (SSSR count). The number of aliphatic carboxylic acids is 1. The molecule has 114 valence electrons. The summed E-state index contributed by atoms with van der Waals surface area (Å²) < 4.78 is 0. The summed E-state index contributed by atoms with van der Waals surface area (Å²) in [6, 6.07) is 5.27. The van der Waals surface area contributed by atoms with E-state index in [9.17, 15) is 9.59 Å². The van der Waals surface area contributed by atoms with E-state index in [1.54, 1.807) is 12.1 Å². The Morgan fingerprint density at radius 3 is 2.52 bits per heavy atom. The number of anilines is 2.